The lowest BCUT2D eigenvalue weighted by atomic mass is 10.00. The predicted molar refractivity (Wildman–Crippen MR) is 75.6 cm³/mol. The summed E-state index contributed by atoms with van der Waals surface area (Å²) >= 11 is 1.90. The first kappa shape index (κ1) is 13.1. The number of likely N-dealkylation sites (tertiary alicyclic amines) is 1. The topological polar surface area (TPSA) is 15.3 Å². The van der Waals surface area contributed by atoms with Crippen molar-refractivity contribution in [3.05, 3.63) is 22.4 Å². The maximum atomic E-state index is 3.34. The summed E-state index contributed by atoms with van der Waals surface area (Å²) in [6.45, 7) is 7.07. The fraction of sp³-hybridized carbons (Fsp3) is 0.714. The third-order valence-electron chi connectivity index (χ3n) is 3.69. The van der Waals surface area contributed by atoms with E-state index < -0.39 is 0 Å². The second-order valence-electron chi connectivity index (χ2n) is 5.30. The van der Waals surface area contributed by atoms with Gasteiger partial charge < -0.3 is 5.32 Å². The van der Waals surface area contributed by atoms with Gasteiger partial charge in [-0.2, -0.15) is 0 Å². The minimum absolute atomic E-state index is 0.607. The van der Waals surface area contributed by atoms with Gasteiger partial charge in [-0.1, -0.05) is 19.9 Å². The van der Waals surface area contributed by atoms with Gasteiger partial charge in [0.2, 0.25) is 0 Å². The zero-order chi connectivity index (χ0) is 12.3. The molecular formula is C14H24N2S. The summed E-state index contributed by atoms with van der Waals surface area (Å²) in [4.78, 5) is 4.25. The summed E-state index contributed by atoms with van der Waals surface area (Å²) in [6.07, 6.45) is 2.69. The Hall–Kier alpha value is -0.380. The van der Waals surface area contributed by atoms with Crippen LogP contribution in [0.5, 0.6) is 0 Å². The quantitative estimate of drug-likeness (QED) is 0.866. The minimum atomic E-state index is 0.607. The van der Waals surface area contributed by atoms with E-state index in [4.69, 9.17) is 0 Å². The molecule has 2 heterocycles. The van der Waals surface area contributed by atoms with Crippen LogP contribution in [0, 0.1) is 5.92 Å². The van der Waals surface area contributed by atoms with Crippen molar-refractivity contribution in [3.8, 4) is 0 Å². The molecule has 2 rings (SSSR count). The first-order valence-corrected chi connectivity index (χ1v) is 7.55. The Morgan fingerprint density at radius 1 is 1.53 bits per heavy atom. The van der Waals surface area contributed by atoms with E-state index in [0.29, 0.717) is 12.0 Å². The van der Waals surface area contributed by atoms with Crippen LogP contribution < -0.4 is 5.32 Å². The van der Waals surface area contributed by atoms with Gasteiger partial charge in [-0.3, -0.25) is 4.90 Å². The van der Waals surface area contributed by atoms with Gasteiger partial charge >= 0.3 is 0 Å². The van der Waals surface area contributed by atoms with Crippen LogP contribution in [0.2, 0.25) is 0 Å². The van der Waals surface area contributed by atoms with Gasteiger partial charge in [-0.25, -0.2) is 0 Å². The summed E-state index contributed by atoms with van der Waals surface area (Å²) < 4.78 is 0. The Bertz CT molecular complexity index is 321. The van der Waals surface area contributed by atoms with Crippen molar-refractivity contribution in [1.29, 1.82) is 0 Å². The average molecular weight is 252 g/mol. The first-order chi connectivity index (χ1) is 8.24. The molecule has 0 amide bonds. The van der Waals surface area contributed by atoms with E-state index in [1.54, 1.807) is 0 Å². The minimum Gasteiger partial charge on any atom is -0.318 e. The first-order valence-electron chi connectivity index (χ1n) is 6.67. The molecule has 1 N–H and O–H groups in total. The molecule has 0 saturated carbocycles. The van der Waals surface area contributed by atoms with E-state index in [-0.39, 0.29) is 0 Å². The van der Waals surface area contributed by atoms with Crippen molar-refractivity contribution in [2.75, 3.05) is 20.1 Å². The summed E-state index contributed by atoms with van der Waals surface area (Å²) in [7, 11) is 2.06. The van der Waals surface area contributed by atoms with Crippen LogP contribution >= 0.6 is 11.3 Å². The van der Waals surface area contributed by atoms with E-state index in [9.17, 15) is 0 Å². The molecule has 0 bridgehead atoms. The maximum absolute atomic E-state index is 3.34. The van der Waals surface area contributed by atoms with Crippen molar-refractivity contribution >= 4 is 11.3 Å². The molecule has 2 unspecified atom stereocenters. The second-order valence-corrected chi connectivity index (χ2v) is 6.28. The monoisotopic (exact) mass is 252 g/mol. The van der Waals surface area contributed by atoms with Crippen LogP contribution in [0.25, 0.3) is 0 Å². The number of likely N-dealkylation sites (N-methyl/N-ethyl adjacent to an activating group) is 1. The third kappa shape index (κ3) is 2.90. The fourth-order valence-corrected chi connectivity index (χ4v) is 4.03. The molecule has 1 aromatic heterocycles. The highest BCUT2D eigenvalue weighted by atomic mass is 32.1. The van der Waals surface area contributed by atoms with Crippen molar-refractivity contribution in [3.63, 3.8) is 0 Å². The van der Waals surface area contributed by atoms with Crippen molar-refractivity contribution in [2.45, 2.75) is 38.8 Å². The number of hydrogen-bond donors (Lipinski definition) is 1. The molecule has 1 aliphatic rings. The average Bonchev–Trinajstić information content (AvgIpc) is 2.92. The SMILES string of the molecule is CNCC1CCCN1C(c1cccs1)C(C)C. The van der Waals surface area contributed by atoms with Crippen LogP contribution in [0.4, 0.5) is 0 Å². The Labute approximate surface area is 109 Å². The van der Waals surface area contributed by atoms with Gasteiger partial charge in [-0.05, 0) is 43.8 Å². The molecule has 17 heavy (non-hydrogen) atoms. The Kier molecular flexibility index (Phi) is 4.60. The summed E-state index contributed by atoms with van der Waals surface area (Å²) in [6, 6.07) is 5.80. The lowest BCUT2D eigenvalue weighted by Gasteiger charge is -2.35. The lowest BCUT2D eigenvalue weighted by molar-refractivity contribution is 0.142. The highest BCUT2D eigenvalue weighted by molar-refractivity contribution is 7.10. The molecule has 2 nitrogen and oxygen atoms in total. The molecule has 1 aliphatic heterocycles. The summed E-state index contributed by atoms with van der Waals surface area (Å²) in [5.74, 6) is 0.686. The molecule has 0 aromatic carbocycles. The number of nitrogens with one attached hydrogen (secondary N) is 1. The van der Waals surface area contributed by atoms with E-state index in [1.807, 2.05) is 11.3 Å². The van der Waals surface area contributed by atoms with Gasteiger partial charge in [0.15, 0.2) is 0 Å². The molecule has 1 aromatic rings. The van der Waals surface area contributed by atoms with Crippen LogP contribution in [0.3, 0.4) is 0 Å². The normalized spacial score (nSPS) is 23.4. The number of thiophene rings is 1. The van der Waals surface area contributed by atoms with Crippen LogP contribution in [0.15, 0.2) is 17.5 Å². The van der Waals surface area contributed by atoms with Crippen molar-refractivity contribution in [1.82, 2.24) is 10.2 Å². The van der Waals surface area contributed by atoms with Crippen molar-refractivity contribution in [2.24, 2.45) is 5.92 Å². The van der Waals surface area contributed by atoms with Gasteiger partial charge in [0.05, 0.1) is 0 Å². The maximum Gasteiger partial charge on any atom is 0.0467 e. The van der Waals surface area contributed by atoms with E-state index in [1.165, 1.54) is 24.3 Å². The largest absolute Gasteiger partial charge is 0.318 e. The van der Waals surface area contributed by atoms with E-state index in [2.05, 4.69) is 48.6 Å². The molecule has 0 aliphatic carbocycles. The van der Waals surface area contributed by atoms with E-state index >= 15 is 0 Å². The highest BCUT2D eigenvalue weighted by Crippen LogP contribution is 2.36. The lowest BCUT2D eigenvalue weighted by Crippen LogP contribution is -2.40. The summed E-state index contributed by atoms with van der Waals surface area (Å²) in [5.41, 5.74) is 0. The van der Waals surface area contributed by atoms with E-state index in [0.717, 1.165) is 12.6 Å². The molecule has 0 radical (unpaired) electrons. The van der Waals surface area contributed by atoms with Gasteiger partial charge in [0.25, 0.3) is 0 Å². The predicted octanol–water partition coefficient (Wildman–Crippen LogP) is 3.13. The molecule has 0 spiro atoms. The van der Waals surface area contributed by atoms with Gasteiger partial charge in [-0.15, -0.1) is 11.3 Å². The van der Waals surface area contributed by atoms with Crippen LogP contribution in [0.1, 0.15) is 37.6 Å². The zero-order valence-corrected chi connectivity index (χ0v) is 12.0. The Morgan fingerprint density at radius 2 is 2.35 bits per heavy atom. The molecule has 96 valence electrons. The van der Waals surface area contributed by atoms with Crippen molar-refractivity contribution < 1.29 is 0 Å². The third-order valence-corrected chi connectivity index (χ3v) is 4.63. The highest BCUT2D eigenvalue weighted by Gasteiger charge is 2.33. The van der Waals surface area contributed by atoms with Gasteiger partial charge in [0, 0.05) is 23.5 Å². The molecule has 1 fully saturated rings. The Morgan fingerprint density at radius 3 is 2.94 bits per heavy atom. The van der Waals surface area contributed by atoms with Crippen LogP contribution in [-0.2, 0) is 0 Å². The zero-order valence-electron chi connectivity index (χ0n) is 11.1. The molecule has 2 atom stereocenters. The smallest absolute Gasteiger partial charge is 0.0467 e. The molecule has 3 heteroatoms. The van der Waals surface area contributed by atoms with Gasteiger partial charge in [0.1, 0.15) is 0 Å². The fourth-order valence-electron chi connectivity index (χ4n) is 3.01. The number of hydrogen-bond acceptors (Lipinski definition) is 3. The second kappa shape index (κ2) is 5.98. The molecule has 1 saturated heterocycles. The Balaban J connectivity index is 2.16. The number of nitrogens with zero attached hydrogens (tertiary/aromatic N) is 1. The standard InChI is InChI=1S/C14H24N2S/c1-11(2)14(13-7-5-9-17-13)16-8-4-6-12(16)10-15-3/h5,7,9,11-12,14-15H,4,6,8,10H2,1-3H3. The number of rotatable bonds is 5. The summed E-state index contributed by atoms with van der Waals surface area (Å²) in [5, 5.41) is 5.54. The molecular weight excluding hydrogens is 228 g/mol. The van der Waals surface area contributed by atoms with Crippen LogP contribution in [-0.4, -0.2) is 31.1 Å².